The van der Waals surface area contributed by atoms with E-state index in [1.807, 2.05) is 0 Å². The van der Waals surface area contributed by atoms with E-state index in [0.717, 1.165) is 11.9 Å². The molecular formula is C13H20BrN3O2. The van der Waals surface area contributed by atoms with E-state index in [0.29, 0.717) is 31.5 Å². The van der Waals surface area contributed by atoms with Crippen molar-refractivity contribution in [3.8, 4) is 0 Å². The van der Waals surface area contributed by atoms with Crippen LogP contribution in [0.4, 0.5) is 5.82 Å². The van der Waals surface area contributed by atoms with Crippen LogP contribution in [0.15, 0.2) is 17.2 Å². The molecule has 0 aliphatic carbocycles. The molecule has 0 amide bonds. The third kappa shape index (κ3) is 3.36. The average molecular weight is 330 g/mol. The molecule has 0 spiro atoms. The quantitative estimate of drug-likeness (QED) is 0.785. The van der Waals surface area contributed by atoms with Gasteiger partial charge in [0, 0.05) is 30.8 Å². The van der Waals surface area contributed by atoms with Crippen LogP contribution in [0.1, 0.15) is 13.8 Å². The predicted octanol–water partition coefficient (Wildman–Crippen LogP) is 1.50. The molecule has 1 fully saturated rings. The van der Waals surface area contributed by atoms with Gasteiger partial charge in [-0.1, -0.05) is 29.8 Å². The van der Waals surface area contributed by atoms with Gasteiger partial charge in [-0.25, -0.2) is 4.98 Å². The Morgan fingerprint density at radius 3 is 3.05 bits per heavy atom. The molecule has 1 aromatic heterocycles. The molecule has 0 aromatic carbocycles. The van der Waals surface area contributed by atoms with E-state index >= 15 is 0 Å². The number of anilines is 1. The first kappa shape index (κ1) is 14.5. The van der Waals surface area contributed by atoms with Gasteiger partial charge in [-0.05, 0) is 5.92 Å². The van der Waals surface area contributed by atoms with Crippen LogP contribution in [-0.2, 0) is 11.3 Å². The van der Waals surface area contributed by atoms with Gasteiger partial charge in [-0.3, -0.25) is 4.79 Å². The van der Waals surface area contributed by atoms with E-state index < -0.39 is 0 Å². The standard InChI is InChI=1S/C13H20BrN3O2/c1-10(2)8-16-4-3-15-12(13(16)18)17-5-6-19-9-11(17)7-14/h3-4,10-11H,5-9H2,1-2H3. The first-order valence-electron chi connectivity index (χ1n) is 6.59. The molecule has 1 unspecified atom stereocenters. The molecular weight excluding hydrogens is 310 g/mol. The van der Waals surface area contributed by atoms with Crippen LogP contribution in [0.25, 0.3) is 0 Å². The number of alkyl halides is 1. The lowest BCUT2D eigenvalue weighted by Gasteiger charge is -2.35. The van der Waals surface area contributed by atoms with Crippen molar-refractivity contribution < 1.29 is 4.74 Å². The van der Waals surface area contributed by atoms with E-state index in [9.17, 15) is 4.79 Å². The van der Waals surface area contributed by atoms with Gasteiger partial charge in [0.15, 0.2) is 5.82 Å². The molecule has 1 aliphatic rings. The third-order valence-electron chi connectivity index (χ3n) is 3.14. The number of morpholine rings is 1. The fraction of sp³-hybridized carbons (Fsp3) is 0.692. The van der Waals surface area contributed by atoms with E-state index in [2.05, 4.69) is 39.7 Å². The average Bonchev–Trinajstić information content (AvgIpc) is 2.41. The summed E-state index contributed by atoms with van der Waals surface area (Å²) in [6, 6.07) is 0.170. The number of rotatable bonds is 4. The highest BCUT2D eigenvalue weighted by Crippen LogP contribution is 2.15. The van der Waals surface area contributed by atoms with Crippen molar-refractivity contribution in [2.45, 2.75) is 26.4 Å². The Hall–Kier alpha value is -0.880. The minimum atomic E-state index is -0.0101. The molecule has 5 nitrogen and oxygen atoms in total. The van der Waals surface area contributed by atoms with Crippen molar-refractivity contribution in [3.63, 3.8) is 0 Å². The molecule has 0 N–H and O–H groups in total. The van der Waals surface area contributed by atoms with Crippen LogP contribution in [0.2, 0.25) is 0 Å². The minimum Gasteiger partial charge on any atom is -0.377 e. The summed E-state index contributed by atoms with van der Waals surface area (Å²) in [4.78, 5) is 18.8. The van der Waals surface area contributed by atoms with Crippen LogP contribution in [0, 0.1) is 5.92 Å². The van der Waals surface area contributed by atoms with Gasteiger partial charge in [0.05, 0.1) is 19.3 Å². The maximum Gasteiger partial charge on any atom is 0.293 e. The van der Waals surface area contributed by atoms with Gasteiger partial charge in [-0.2, -0.15) is 0 Å². The predicted molar refractivity (Wildman–Crippen MR) is 79.1 cm³/mol. The molecule has 1 saturated heterocycles. The largest absolute Gasteiger partial charge is 0.377 e. The molecule has 1 atom stereocenters. The van der Waals surface area contributed by atoms with Crippen molar-refractivity contribution >= 4 is 21.7 Å². The first-order valence-corrected chi connectivity index (χ1v) is 7.71. The summed E-state index contributed by atoms with van der Waals surface area (Å²) in [6.07, 6.45) is 3.47. The smallest absolute Gasteiger partial charge is 0.293 e. The molecule has 0 bridgehead atoms. The Morgan fingerprint density at radius 2 is 2.37 bits per heavy atom. The van der Waals surface area contributed by atoms with Gasteiger partial charge < -0.3 is 14.2 Å². The summed E-state index contributed by atoms with van der Waals surface area (Å²) in [5.74, 6) is 0.973. The van der Waals surface area contributed by atoms with E-state index in [-0.39, 0.29) is 11.6 Å². The Labute approximate surface area is 121 Å². The highest BCUT2D eigenvalue weighted by molar-refractivity contribution is 9.09. The van der Waals surface area contributed by atoms with Gasteiger partial charge >= 0.3 is 0 Å². The lowest BCUT2D eigenvalue weighted by Crippen LogP contribution is -2.49. The molecule has 0 saturated carbocycles. The fourth-order valence-corrected chi connectivity index (χ4v) is 2.77. The summed E-state index contributed by atoms with van der Waals surface area (Å²) in [5, 5.41) is 0.771. The van der Waals surface area contributed by atoms with Crippen LogP contribution >= 0.6 is 15.9 Å². The number of hydrogen-bond donors (Lipinski definition) is 0. The molecule has 1 aliphatic heterocycles. The zero-order valence-electron chi connectivity index (χ0n) is 11.4. The first-order chi connectivity index (χ1) is 9.13. The second-order valence-corrected chi connectivity index (χ2v) is 5.83. The Morgan fingerprint density at radius 1 is 1.58 bits per heavy atom. The SMILES string of the molecule is CC(C)Cn1ccnc(N2CCOCC2CBr)c1=O. The van der Waals surface area contributed by atoms with E-state index in [4.69, 9.17) is 4.74 Å². The molecule has 19 heavy (non-hydrogen) atoms. The zero-order valence-corrected chi connectivity index (χ0v) is 13.0. The third-order valence-corrected chi connectivity index (χ3v) is 3.88. The lowest BCUT2D eigenvalue weighted by atomic mass is 10.2. The monoisotopic (exact) mass is 329 g/mol. The maximum atomic E-state index is 12.5. The summed E-state index contributed by atoms with van der Waals surface area (Å²) in [5.41, 5.74) is -0.0101. The van der Waals surface area contributed by atoms with E-state index in [1.54, 1.807) is 17.0 Å². The number of aromatic nitrogens is 2. The van der Waals surface area contributed by atoms with Crippen molar-refractivity contribution in [1.29, 1.82) is 0 Å². The summed E-state index contributed by atoms with van der Waals surface area (Å²) in [7, 11) is 0. The number of nitrogens with zero attached hydrogens (tertiary/aromatic N) is 3. The number of hydrogen-bond acceptors (Lipinski definition) is 4. The second kappa shape index (κ2) is 6.52. The zero-order chi connectivity index (χ0) is 13.8. The van der Waals surface area contributed by atoms with Gasteiger partial charge in [0.25, 0.3) is 5.56 Å². The Bertz CT molecular complexity index is 475. The van der Waals surface area contributed by atoms with Gasteiger partial charge in [0.1, 0.15) is 0 Å². The van der Waals surface area contributed by atoms with Crippen LogP contribution < -0.4 is 10.5 Å². The lowest BCUT2D eigenvalue weighted by molar-refractivity contribution is 0.0998. The number of ether oxygens (including phenoxy) is 1. The van der Waals surface area contributed by atoms with Gasteiger partial charge in [0.2, 0.25) is 0 Å². The van der Waals surface area contributed by atoms with Crippen LogP contribution in [0.5, 0.6) is 0 Å². The van der Waals surface area contributed by atoms with Crippen molar-refractivity contribution in [2.24, 2.45) is 5.92 Å². The summed E-state index contributed by atoms with van der Waals surface area (Å²) in [6.45, 7) is 6.90. The highest BCUT2D eigenvalue weighted by Gasteiger charge is 2.25. The molecule has 2 heterocycles. The highest BCUT2D eigenvalue weighted by atomic mass is 79.9. The molecule has 0 radical (unpaired) electrons. The van der Waals surface area contributed by atoms with Crippen molar-refractivity contribution in [3.05, 3.63) is 22.7 Å². The topological polar surface area (TPSA) is 47.4 Å². The van der Waals surface area contributed by atoms with Gasteiger partial charge in [-0.15, -0.1) is 0 Å². The Balaban J connectivity index is 2.31. The van der Waals surface area contributed by atoms with Crippen LogP contribution in [0.3, 0.4) is 0 Å². The summed E-state index contributed by atoms with van der Waals surface area (Å²) < 4.78 is 7.19. The molecule has 1 aromatic rings. The normalized spacial score (nSPS) is 20.0. The maximum absolute atomic E-state index is 12.5. The fourth-order valence-electron chi connectivity index (χ4n) is 2.23. The van der Waals surface area contributed by atoms with E-state index in [1.165, 1.54) is 0 Å². The van der Waals surface area contributed by atoms with Crippen LogP contribution in [-0.4, -0.2) is 40.7 Å². The second-order valence-electron chi connectivity index (χ2n) is 5.18. The summed E-state index contributed by atoms with van der Waals surface area (Å²) >= 11 is 3.47. The van der Waals surface area contributed by atoms with Crippen molar-refractivity contribution in [1.82, 2.24) is 9.55 Å². The number of halogens is 1. The minimum absolute atomic E-state index is 0.0101. The van der Waals surface area contributed by atoms with Crippen molar-refractivity contribution in [2.75, 3.05) is 30.0 Å². The molecule has 2 rings (SSSR count). The molecule has 106 valence electrons. The Kier molecular flexibility index (Phi) is 4.99. The molecule has 6 heteroatoms.